The first-order chi connectivity index (χ1) is 10.1. The van der Waals surface area contributed by atoms with Gasteiger partial charge in [-0.3, -0.25) is 0 Å². The Morgan fingerprint density at radius 2 is 2.09 bits per heavy atom. The Bertz CT molecular complexity index is 642. The van der Waals surface area contributed by atoms with Crippen LogP contribution in [0.15, 0.2) is 23.1 Å². The van der Waals surface area contributed by atoms with Crippen molar-refractivity contribution in [1.29, 1.82) is 0 Å². The van der Waals surface area contributed by atoms with Crippen LogP contribution in [-0.4, -0.2) is 27.2 Å². The van der Waals surface area contributed by atoms with E-state index in [1.165, 1.54) is 0 Å². The summed E-state index contributed by atoms with van der Waals surface area (Å²) in [6, 6.07) is 1.64. The molecule has 1 aliphatic rings. The summed E-state index contributed by atoms with van der Waals surface area (Å²) in [4.78, 5) is -0.589. The van der Waals surface area contributed by atoms with Crippen LogP contribution in [0.2, 0.25) is 5.02 Å². The SMILES string of the molecule is CC(NS(=O)(=O)c1cc(C(F)(F)F)ccc1Cl)C1CCCO1. The van der Waals surface area contributed by atoms with Crippen molar-refractivity contribution in [2.45, 2.75) is 43.0 Å². The lowest BCUT2D eigenvalue weighted by Crippen LogP contribution is -2.40. The van der Waals surface area contributed by atoms with Gasteiger partial charge in [-0.15, -0.1) is 0 Å². The molecule has 124 valence electrons. The van der Waals surface area contributed by atoms with Gasteiger partial charge in [-0.05, 0) is 38.0 Å². The highest BCUT2D eigenvalue weighted by atomic mass is 35.5. The smallest absolute Gasteiger partial charge is 0.377 e. The maximum Gasteiger partial charge on any atom is 0.416 e. The molecular formula is C13H15ClF3NO3S. The Morgan fingerprint density at radius 3 is 2.64 bits per heavy atom. The van der Waals surface area contributed by atoms with Gasteiger partial charge in [0.25, 0.3) is 0 Å². The first kappa shape index (κ1) is 17.5. The third-order valence-electron chi connectivity index (χ3n) is 3.41. The van der Waals surface area contributed by atoms with Crippen molar-refractivity contribution in [3.8, 4) is 0 Å². The minimum Gasteiger partial charge on any atom is -0.377 e. The molecule has 0 saturated carbocycles. The van der Waals surface area contributed by atoms with Gasteiger partial charge in [0, 0.05) is 12.6 Å². The van der Waals surface area contributed by atoms with Gasteiger partial charge in [0.15, 0.2) is 0 Å². The molecule has 0 spiro atoms. The molecular weight excluding hydrogens is 343 g/mol. The van der Waals surface area contributed by atoms with Crippen molar-refractivity contribution in [1.82, 2.24) is 4.72 Å². The van der Waals surface area contributed by atoms with E-state index >= 15 is 0 Å². The lowest BCUT2D eigenvalue weighted by Gasteiger charge is -2.20. The number of halogens is 4. The molecule has 4 nitrogen and oxygen atoms in total. The highest BCUT2D eigenvalue weighted by Gasteiger charge is 2.34. The van der Waals surface area contributed by atoms with Crippen molar-refractivity contribution in [2.75, 3.05) is 6.61 Å². The average Bonchev–Trinajstić information content (AvgIpc) is 2.90. The molecule has 1 saturated heterocycles. The van der Waals surface area contributed by atoms with Crippen LogP contribution in [0.1, 0.15) is 25.3 Å². The summed E-state index contributed by atoms with van der Waals surface area (Å²) in [5.41, 5.74) is -1.07. The summed E-state index contributed by atoms with van der Waals surface area (Å²) in [5.74, 6) is 0. The number of alkyl halides is 3. The molecule has 9 heteroatoms. The third kappa shape index (κ3) is 3.92. The van der Waals surface area contributed by atoms with Gasteiger partial charge in [0.1, 0.15) is 4.90 Å². The van der Waals surface area contributed by atoms with Crippen molar-refractivity contribution in [3.05, 3.63) is 28.8 Å². The highest BCUT2D eigenvalue weighted by Crippen LogP contribution is 2.33. The molecule has 0 radical (unpaired) electrons. The van der Waals surface area contributed by atoms with Gasteiger partial charge in [0.05, 0.1) is 16.7 Å². The maximum atomic E-state index is 12.7. The number of ether oxygens (including phenoxy) is 1. The van der Waals surface area contributed by atoms with Gasteiger partial charge in [-0.1, -0.05) is 11.6 Å². The fourth-order valence-electron chi connectivity index (χ4n) is 2.27. The molecule has 0 aliphatic carbocycles. The van der Waals surface area contributed by atoms with Crippen molar-refractivity contribution >= 4 is 21.6 Å². The topological polar surface area (TPSA) is 55.4 Å². The van der Waals surface area contributed by atoms with Gasteiger partial charge >= 0.3 is 6.18 Å². The Balaban J connectivity index is 2.28. The van der Waals surface area contributed by atoms with Gasteiger partial charge < -0.3 is 4.74 Å². The molecule has 22 heavy (non-hydrogen) atoms. The molecule has 0 aromatic heterocycles. The van der Waals surface area contributed by atoms with E-state index in [-0.39, 0.29) is 11.1 Å². The van der Waals surface area contributed by atoms with E-state index < -0.39 is 32.7 Å². The van der Waals surface area contributed by atoms with Crippen LogP contribution in [0.4, 0.5) is 13.2 Å². The zero-order valence-electron chi connectivity index (χ0n) is 11.7. The minimum absolute atomic E-state index is 0.264. The van der Waals surface area contributed by atoms with E-state index in [1.807, 2.05) is 0 Å². The summed E-state index contributed by atoms with van der Waals surface area (Å²) >= 11 is 5.76. The second kappa shape index (κ2) is 6.35. The van der Waals surface area contributed by atoms with Gasteiger partial charge in [0.2, 0.25) is 10.0 Å². The Kier molecular flexibility index (Phi) is 5.06. The maximum absolute atomic E-state index is 12.7. The van der Waals surface area contributed by atoms with E-state index in [0.717, 1.165) is 18.6 Å². The van der Waals surface area contributed by atoms with Crippen LogP contribution in [0, 0.1) is 0 Å². The monoisotopic (exact) mass is 357 g/mol. The number of rotatable bonds is 4. The number of nitrogens with one attached hydrogen (secondary N) is 1. The van der Waals surface area contributed by atoms with Gasteiger partial charge in [-0.2, -0.15) is 13.2 Å². The molecule has 1 aromatic carbocycles. The summed E-state index contributed by atoms with van der Waals surface area (Å²) in [7, 11) is -4.17. The molecule has 2 unspecified atom stereocenters. The highest BCUT2D eigenvalue weighted by molar-refractivity contribution is 7.89. The largest absolute Gasteiger partial charge is 0.416 e. The number of hydrogen-bond acceptors (Lipinski definition) is 3. The van der Waals surface area contributed by atoms with Crippen molar-refractivity contribution in [2.24, 2.45) is 0 Å². The molecule has 1 aliphatic heterocycles. The predicted molar refractivity (Wildman–Crippen MR) is 75.2 cm³/mol. The van der Waals surface area contributed by atoms with Crippen LogP contribution in [0.3, 0.4) is 0 Å². The summed E-state index contributed by atoms with van der Waals surface area (Å²) in [6.45, 7) is 2.15. The normalized spacial score (nSPS) is 21.0. The van der Waals surface area contributed by atoms with Crippen LogP contribution in [-0.2, 0) is 20.9 Å². The first-order valence-electron chi connectivity index (χ1n) is 6.62. The molecule has 2 atom stereocenters. The molecule has 1 heterocycles. The van der Waals surface area contributed by atoms with E-state index in [1.54, 1.807) is 6.92 Å². The zero-order valence-corrected chi connectivity index (χ0v) is 13.2. The van der Waals surface area contributed by atoms with E-state index in [2.05, 4.69) is 4.72 Å². The zero-order chi connectivity index (χ0) is 16.5. The second-order valence-electron chi connectivity index (χ2n) is 5.10. The van der Waals surface area contributed by atoms with E-state index in [4.69, 9.17) is 16.3 Å². The fourth-order valence-corrected chi connectivity index (χ4v) is 4.06. The number of sulfonamides is 1. The number of hydrogen-bond donors (Lipinski definition) is 1. The quantitative estimate of drug-likeness (QED) is 0.900. The summed E-state index contributed by atoms with van der Waals surface area (Å²) < 4.78 is 70.4. The third-order valence-corrected chi connectivity index (χ3v) is 5.45. The fraction of sp³-hybridized carbons (Fsp3) is 0.538. The lowest BCUT2D eigenvalue weighted by atomic mass is 10.1. The molecule has 2 rings (SSSR count). The molecule has 1 fully saturated rings. The summed E-state index contributed by atoms with van der Waals surface area (Å²) in [5, 5.41) is -0.264. The molecule has 0 amide bonds. The summed E-state index contributed by atoms with van der Waals surface area (Å²) in [6.07, 6.45) is -3.42. The predicted octanol–water partition coefficient (Wildman–Crippen LogP) is 3.20. The average molecular weight is 358 g/mol. The van der Waals surface area contributed by atoms with Crippen LogP contribution >= 0.6 is 11.6 Å². The standard InChI is InChI=1S/C13H15ClF3NO3S/c1-8(11-3-2-6-21-11)18-22(19,20)12-7-9(13(15,16)17)4-5-10(12)14/h4-5,7-8,11,18H,2-3,6H2,1H3. The molecule has 0 bridgehead atoms. The van der Waals surface area contributed by atoms with Crippen LogP contribution in [0.5, 0.6) is 0 Å². The second-order valence-corrected chi connectivity index (χ2v) is 7.19. The molecule has 1 N–H and O–H groups in total. The van der Waals surface area contributed by atoms with Crippen LogP contribution < -0.4 is 4.72 Å². The van der Waals surface area contributed by atoms with Crippen molar-refractivity contribution in [3.63, 3.8) is 0 Å². The van der Waals surface area contributed by atoms with Gasteiger partial charge in [-0.25, -0.2) is 13.1 Å². The van der Waals surface area contributed by atoms with Crippen LogP contribution in [0.25, 0.3) is 0 Å². The Labute approximate surface area is 131 Å². The Hall–Kier alpha value is -0.830. The van der Waals surface area contributed by atoms with E-state index in [0.29, 0.717) is 19.1 Å². The van der Waals surface area contributed by atoms with Crippen molar-refractivity contribution < 1.29 is 26.3 Å². The minimum atomic E-state index is -4.64. The Morgan fingerprint density at radius 1 is 1.41 bits per heavy atom. The lowest BCUT2D eigenvalue weighted by molar-refractivity contribution is -0.137. The first-order valence-corrected chi connectivity index (χ1v) is 8.48. The molecule has 1 aromatic rings. The number of benzene rings is 1. The van der Waals surface area contributed by atoms with E-state index in [9.17, 15) is 21.6 Å².